The summed E-state index contributed by atoms with van der Waals surface area (Å²) < 4.78 is 0. The van der Waals surface area contributed by atoms with Crippen LogP contribution in [0.2, 0.25) is 0 Å². The summed E-state index contributed by atoms with van der Waals surface area (Å²) >= 11 is 0. The quantitative estimate of drug-likeness (QED) is 0.402. The molecule has 0 aliphatic heterocycles. The fourth-order valence-electron chi connectivity index (χ4n) is 0.289. The molecule has 0 nitrogen and oxygen atoms in total. The van der Waals surface area contributed by atoms with Gasteiger partial charge in [-0.2, -0.15) is 0 Å². The molecule has 0 saturated heterocycles. The van der Waals surface area contributed by atoms with E-state index in [1.165, 1.54) is 5.57 Å². The second kappa shape index (κ2) is 0.713. The van der Waals surface area contributed by atoms with Crippen molar-refractivity contribution in [2.75, 3.05) is 0 Å². The molecule has 0 atom stereocenters. The fourth-order valence-corrected chi connectivity index (χ4v) is 0.289. The van der Waals surface area contributed by atoms with Gasteiger partial charge in [-0.05, 0) is 6.92 Å². The maximum Gasteiger partial charge on any atom is -0.0398 e. The van der Waals surface area contributed by atoms with E-state index < -0.39 is 0 Å². The van der Waals surface area contributed by atoms with Gasteiger partial charge in [-0.25, -0.2) is 0 Å². The third kappa shape index (κ3) is 0.254. The highest BCUT2D eigenvalue weighted by atomic mass is 13.9. The van der Waals surface area contributed by atoms with Gasteiger partial charge in [0.05, 0.1) is 0 Å². The minimum atomic E-state index is 1.38. The average Bonchev–Trinajstić information content (AvgIpc) is 1.30. The van der Waals surface area contributed by atoms with Crippen LogP contribution in [0.3, 0.4) is 0 Å². The molecule has 0 heteroatoms. The lowest BCUT2D eigenvalue weighted by atomic mass is 10.1. The SMILES string of the molecule is CC1=CC=C1. The van der Waals surface area contributed by atoms with Crippen molar-refractivity contribution >= 4 is 0 Å². The molecule has 1 aliphatic rings. The first kappa shape index (κ1) is 2.70. The molecule has 0 saturated carbocycles. The van der Waals surface area contributed by atoms with E-state index in [4.69, 9.17) is 0 Å². The van der Waals surface area contributed by atoms with E-state index in [9.17, 15) is 0 Å². The van der Waals surface area contributed by atoms with Gasteiger partial charge in [-0.1, -0.05) is 23.8 Å². The Labute approximate surface area is 31.8 Å². The first-order valence-corrected chi connectivity index (χ1v) is 1.74. The first-order valence-electron chi connectivity index (χ1n) is 1.74. The van der Waals surface area contributed by atoms with E-state index in [1.807, 2.05) is 6.08 Å². The summed E-state index contributed by atoms with van der Waals surface area (Å²) in [5.74, 6) is 0. The van der Waals surface area contributed by atoms with Crippen molar-refractivity contribution < 1.29 is 0 Å². The fraction of sp³-hybridized carbons (Fsp3) is 0.200. The van der Waals surface area contributed by atoms with E-state index in [0.29, 0.717) is 0 Å². The lowest BCUT2D eigenvalue weighted by Gasteiger charge is -1.92. The van der Waals surface area contributed by atoms with Crippen LogP contribution in [0.4, 0.5) is 0 Å². The third-order valence-corrected chi connectivity index (χ3v) is 0.718. The Kier molecular flexibility index (Phi) is 0.385. The van der Waals surface area contributed by atoms with Crippen LogP contribution in [0.1, 0.15) is 6.92 Å². The molecule has 0 heterocycles. The molecular weight excluding hydrogens is 60.1 g/mol. The second-order valence-electron chi connectivity index (χ2n) is 1.27. The second-order valence-corrected chi connectivity index (χ2v) is 1.27. The molecule has 0 unspecified atom stereocenters. The maximum absolute atomic E-state index is 2.08. The van der Waals surface area contributed by atoms with E-state index >= 15 is 0 Å². The Balaban J connectivity index is 2.60. The summed E-state index contributed by atoms with van der Waals surface area (Å²) in [6, 6.07) is 0. The molecule has 0 bridgehead atoms. The Bertz CT molecular complexity index is 86.2. The highest BCUT2D eigenvalue weighted by Gasteiger charge is 1.82. The number of allylic oxidation sites excluding steroid dienone is 4. The predicted molar refractivity (Wildman–Crippen MR) is 22.9 cm³/mol. The molecule has 26 valence electrons. The van der Waals surface area contributed by atoms with E-state index in [0.717, 1.165) is 0 Å². The van der Waals surface area contributed by atoms with E-state index in [1.54, 1.807) is 0 Å². The molecule has 1 rings (SSSR count). The van der Waals surface area contributed by atoms with Crippen molar-refractivity contribution in [2.24, 2.45) is 0 Å². The van der Waals surface area contributed by atoms with Crippen molar-refractivity contribution in [3.63, 3.8) is 0 Å². The lowest BCUT2D eigenvalue weighted by molar-refractivity contribution is 1.46. The molecule has 0 aromatic carbocycles. The van der Waals surface area contributed by atoms with Crippen LogP contribution < -0.4 is 0 Å². The van der Waals surface area contributed by atoms with Gasteiger partial charge in [0.15, 0.2) is 0 Å². The zero-order valence-corrected chi connectivity index (χ0v) is 3.23. The molecule has 0 aromatic heterocycles. The smallest absolute Gasteiger partial charge is 0.0398 e. The lowest BCUT2D eigenvalue weighted by Crippen LogP contribution is -1.72. The molecule has 0 fully saturated rings. The molecular formula is C5H6. The summed E-state index contributed by atoms with van der Waals surface area (Å²) in [5, 5.41) is 0. The molecule has 0 radical (unpaired) electrons. The minimum Gasteiger partial charge on any atom is -0.0617 e. The predicted octanol–water partition coefficient (Wildman–Crippen LogP) is 1.50. The van der Waals surface area contributed by atoms with Gasteiger partial charge in [0.1, 0.15) is 0 Å². The summed E-state index contributed by atoms with van der Waals surface area (Å²) in [4.78, 5) is 0. The van der Waals surface area contributed by atoms with Gasteiger partial charge in [-0.3, -0.25) is 0 Å². The zero-order chi connectivity index (χ0) is 3.70. The van der Waals surface area contributed by atoms with Crippen LogP contribution in [-0.4, -0.2) is 0 Å². The van der Waals surface area contributed by atoms with Gasteiger partial charge in [0.25, 0.3) is 0 Å². The Morgan fingerprint density at radius 1 is 1.60 bits per heavy atom. The minimum absolute atomic E-state index is 1.38. The van der Waals surface area contributed by atoms with Crippen molar-refractivity contribution in [1.82, 2.24) is 0 Å². The molecule has 0 N–H and O–H groups in total. The van der Waals surface area contributed by atoms with Crippen LogP contribution in [0, 0.1) is 0 Å². The Morgan fingerprint density at radius 3 is 2.00 bits per heavy atom. The average molecular weight is 66.1 g/mol. The summed E-state index contributed by atoms with van der Waals surface area (Å²) in [6.07, 6.45) is 6.20. The van der Waals surface area contributed by atoms with Crippen molar-refractivity contribution in [1.29, 1.82) is 0 Å². The largest absolute Gasteiger partial charge is 0.0617 e. The number of rotatable bonds is 0. The summed E-state index contributed by atoms with van der Waals surface area (Å²) in [6.45, 7) is 2.08. The first-order chi connectivity index (χ1) is 2.39. The summed E-state index contributed by atoms with van der Waals surface area (Å²) in [7, 11) is 0. The van der Waals surface area contributed by atoms with Crippen molar-refractivity contribution in [2.45, 2.75) is 6.92 Å². The van der Waals surface area contributed by atoms with Crippen LogP contribution in [-0.2, 0) is 0 Å². The highest BCUT2D eigenvalue weighted by Crippen LogP contribution is 2.03. The van der Waals surface area contributed by atoms with Gasteiger partial charge in [-0.15, -0.1) is 0 Å². The van der Waals surface area contributed by atoms with E-state index in [2.05, 4.69) is 19.1 Å². The summed E-state index contributed by atoms with van der Waals surface area (Å²) in [5.41, 5.74) is 1.38. The molecule has 0 aromatic rings. The zero-order valence-electron chi connectivity index (χ0n) is 3.23. The van der Waals surface area contributed by atoms with Crippen LogP contribution in [0.25, 0.3) is 0 Å². The standard InChI is InChI=1S/C5H6/c1-5-3-2-4-5/h2-4H,1H3. The Hall–Kier alpha value is -0.520. The number of hydrogen-bond donors (Lipinski definition) is 0. The van der Waals surface area contributed by atoms with Crippen LogP contribution in [0.5, 0.6) is 0 Å². The number of hydrogen-bond acceptors (Lipinski definition) is 0. The Morgan fingerprint density at radius 2 is 2.00 bits per heavy atom. The molecule has 0 amide bonds. The highest BCUT2D eigenvalue weighted by molar-refractivity contribution is 5.32. The normalized spacial score (nSPS) is 17.4. The van der Waals surface area contributed by atoms with Gasteiger partial charge in [0.2, 0.25) is 0 Å². The monoisotopic (exact) mass is 66.0 g/mol. The van der Waals surface area contributed by atoms with Crippen LogP contribution in [0.15, 0.2) is 23.8 Å². The maximum atomic E-state index is 2.08. The third-order valence-electron chi connectivity index (χ3n) is 0.718. The topological polar surface area (TPSA) is 0 Å². The van der Waals surface area contributed by atoms with Crippen molar-refractivity contribution in [3.8, 4) is 0 Å². The van der Waals surface area contributed by atoms with Gasteiger partial charge < -0.3 is 0 Å². The van der Waals surface area contributed by atoms with E-state index in [-0.39, 0.29) is 0 Å². The molecule has 5 heavy (non-hydrogen) atoms. The molecule has 1 aliphatic carbocycles. The molecule has 0 spiro atoms. The van der Waals surface area contributed by atoms with Gasteiger partial charge >= 0.3 is 0 Å². The van der Waals surface area contributed by atoms with Crippen molar-refractivity contribution in [3.05, 3.63) is 23.8 Å². The van der Waals surface area contributed by atoms with Crippen LogP contribution >= 0.6 is 0 Å². The van der Waals surface area contributed by atoms with Gasteiger partial charge in [0, 0.05) is 0 Å².